The standard InChI is InChI=1S/C14H16N6O2S2/c1-20(2)14-19-13-9(24-14)4-8(23-13)12(22)16-6-10-17-7(5-15)3-11(21)18-10/h3-4H,5-6,15H2,1-2H3,(H,16,22)(H,17,18,21). The number of H-pyrrole nitrogens is 1. The van der Waals surface area contributed by atoms with E-state index >= 15 is 0 Å². The number of hydrogen-bond donors (Lipinski definition) is 3. The van der Waals surface area contributed by atoms with Crippen LogP contribution in [0.15, 0.2) is 16.9 Å². The lowest BCUT2D eigenvalue weighted by Crippen LogP contribution is -2.25. The first-order valence-corrected chi connectivity index (χ1v) is 8.74. The molecule has 0 bridgehead atoms. The second-order valence-corrected chi connectivity index (χ2v) is 7.28. The molecular weight excluding hydrogens is 348 g/mol. The third kappa shape index (κ3) is 3.45. The molecule has 0 aliphatic heterocycles. The lowest BCUT2D eigenvalue weighted by atomic mass is 10.4. The van der Waals surface area contributed by atoms with Crippen molar-refractivity contribution in [1.82, 2.24) is 20.3 Å². The van der Waals surface area contributed by atoms with Crippen LogP contribution >= 0.6 is 22.7 Å². The van der Waals surface area contributed by atoms with Gasteiger partial charge in [-0.2, -0.15) is 0 Å². The molecule has 0 aliphatic carbocycles. The Labute approximate surface area is 145 Å². The van der Waals surface area contributed by atoms with Crippen molar-refractivity contribution < 1.29 is 4.79 Å². The molecule has 8 nitrogen and oxygen atoms in total. The highest BCUT2D eigenvalue weighted by Crippen LogP contribution is 2.33. The van der Waals surface area contributed by atoms with E-state index < -0.39 is 0 Å². The van der Waals surface area contributed by atoms with Crippen molar-refractivity contribution in [1.29, 1.82) is 0 Å². The van der Waals surface area contributed by atoms with E-state index in [2.05, 4.69) is 20.3 Å². The fraction of sp³-hybridized carbons (Fsp3) is 0.286. The molecule has 4 N–H and O–H groups in total. The van der Waals surface area contributed by atoms with Gasteiger partial charge in [0, 0.05) is 26.7 Å². The number of hydrogen-bond acceptors (Lipinski definition) is 8. The van der Waals surface area contributed by atoms with Gasteiger partial charge >= 0.3 is 0 Å². The summed E-state index contributed by atoms with van der Waals surface area (Å²) < 4.78 is 0.977. The van der Waals surface area contributed by atoms with Crippen molar-refractivity contribution in [2.45, 2.75) is 13.1 Å². The summed E-state index contributed by atoms with van der Waals surface area (Å²) in [5, 5.41) is 3.65. The van der Waals surface area contributed by atoms with Gasteiger partial charge < -0.3 is 20.9 Å². The molecule has 0 fully saturated rings. The zero-order valence-electron chi connectivity index (χ0n) is 13.1. The number of carbonyl (C=O) groups is 1. The lowest BCUT2D eigenvalue weighted by Gasteiger charge is -2.05. The number of fused-ring (bicyclic) bond motifs is 1. The Morgan fingerprint density at radius 1 is 1.33 bits per heavy atom. The van der Waals surface area contributed by atoms with Crippen LogP contribution in [0, 0.1) is 0 Å². The predicted molar refractivity (Wildman–Crippen MR) is 95.7 cm³/mol. The second-order valence-electron chi connectivity index (χ2n) is 5.24. The van der Waals surface area contributed by atoms with Gasteiger partial charge in [-0.3, -0.25) is 9.59 Å². The highest BCUT2D eigenvalue weighted by Gasteiger charge is 2.15. The highest BCUT2D eigenvalue weighted by atomic mass is 32.1. The van der Waals surface area contributed by atoms with Crippen LogP contribution < -0.4 is 21.5 Å². The monoisotopic (exact) mass is 364 g/mol. The molecule has 3 aromatic rings. The Kier molecular flexibility index (Phi) is 4.60. The number of amides is 1. The zero-order chi connectivity index (χ0) is 17.3. The number of anilines is 1. The summed E-state index contributed by atoms with van der Waals surface area (Å²) in [7, 11) is 3.86. The molecule has 24 heavy (non-hydrogen) atoms. The smallest absolute Gasteiger partial charge is 0.261 e. The van der Waals surface area contributed by atoms with Crippen molar-refractivity contribution in [2.75, 3.05) is 19.0 Å². The van der Waals surface area contributed by atoms with Crippen LogP contribution in [0.5, 0.6) is 0 Å². The average Bonchev–Trinajstić information content (AvgIpc) is 3.10. The molecule has 10 heteroatoms. The number of nitrogens with two attached hydrogens (primary N) is 1. The molecule has 3 aromatic heterocycles. The van der Waals surface area contributed by atoms with Gasteiger partial charge in [-0.25, -0.2) is 9.97 Å². The first-order valence-electron chi connectivity index (χ1n) is 7.11. The van der Waals surface area contributed by atoms with Gasteiger partial charge in [-0.05, 0) is 6.07 Å². The minimum atomic E-state index is -0.285. The van der Waals surface area contributed by atoms with Gasteiger partial charge in [-0.15, -0.1) is 11.3 Å². The molecule has 0 aliphatic rings. The Bertz CT molecular complexity index is 911. The number of thiophene rings is 1. The van der Waals surface area contributed by atoms with Crippen molar-refractivity contribution in [2.24, 2.45) is 5.73 Å². The summed E-state index contributed by atoms with van der Waals surface area (Å²) in [5.41, 5.74) is 5.69. The van der Waals surface area contributed by atoms with Gasteiger partial charge in [-0.1, -0.05) is 11.3 Å². The predicted octanol–water partition coefficient (Wildman–Crippen LogP) is 0.896. The molecule has 1 amide bonds. The molecular formula is C14H16N6O2S2. The quantitative estimate of drug-likeness (QED) is 0.619. The van der Waals surface area contributed by atoms with Gasteiger partial charge in [0.1, 0.15) is 10.7 Å². The number of thiazole rings is 1. The molecule has 0 saturated carbocycles. The molecule has 0 saturated heterocycles. The first-order chi connectivity index (χ1) is 11.5. The molecule has 3 heterocycles. The molecule has 0 atom stereocenters. The van der Waals surface area contributed by atoms with Crippen LogP contribution in [0.1, 0.15) is 21.2 Å². The molecule has 0 aromatic carbocycles. The Morgan fingerprint density at radius 2 is 2.12 bits per heavy atom. The second kappa shape index (κ2) is 6.67. The van der Waals surface area contributed by atoms with Gasteiger partial charge in [0.25, 0.3) is 11.5 Å². The molecule has 3 rings (SSSR count). The van der Waals surface area contributed by atoms with Crippen molar-refractivity contribution in [3.8, 4) is 0 Å². The van der Waals surface area contributed by atoms with Gasteiger partial charge in [0.15, 0.2) is 5.13 Å². The van der Waals surface area contributed by atoms with E-state index in [9.17, 15) is 9.59 Å². The Morgan fingerprint density at radius 3 is 2.79 bits per heavy atom. The van der Waals surface area contributed by atoms with Gasteiger partial charge in [0.2, 0.25) is 0 Å². The van der Waals surface area contributed by atoms with Crippen molar-refractivity contribution >= 4 is 43.2 Å². The number of carbonyl (C=O) groups excluding carboxylic acids is 1. The third-order valence-electron chi connectivity index (χ3n) is 3.15. The SMILES string of the molecule is CN(C)c1nc2sc(C(=O)NCc3nc(CN)cc(=O)[nH]3)cc2s1. The molecule has 0 radical (unpaired) electrons. The van der Waals surface area contributed by atoms with E-state index in [1.54, 1.807) is 0 Å². The van der Waals surface area contributed by atoms with Crippen LogP contribution in [-0.2, 0) is 13.1 Å². The zero-order valence-corrected chi connectivity index (χ0v) is 14.8. The summed E-state index contributed by atoms with van der Waals surface area (Å²) >= 11 is 2.87. The number of nitrogens with one attached hydrogen (secondary N) is 2. The van der Waals surface area contributed by atoms with Crippen LogP contribution in [0.25, 0.3) is 9.53 Å². The molecule has 126 valence electrons. The van der Waals surface area contributed by atoms with Crippen molar-refractivity contribution in [3.05, 3.63) is 38.9 Å². The number of aromatic nitrogens is 3. The van der Waals surface area contributed by atoms with E-state index in [1.165, 1.54) is 28.7 Å². The Hall–Kier alpha value is -2.30. The molecule has 0 spiro atoms. The van der Waals surface area contributed by atoms with Crippen molar-refractivity contribution in [3.63, 3.8) is 0 Å². The topological polar surface area (TPSA) is 117 Å². The minimum Gasteiger partial charge on any atom is -0.354 e. The van der Waals surface area contributed by atoms with E-state index in [4.69, 9.17) is 5.73 Å². The van der Waals surface area contributed by atoms with Crippen LogP contribution in [0.4, 0.5) is 5.13 Å². The van der Waals surface area contributed by atoms with E-state index in [0.717, 1.165) is 14.7 Å². The number of aromatic amines is 1. The average molecular weight is 364 g/mol. The number of nitrogens with zero attached hydrogens (tertiary/aromatic N) is 3. The Balaban J connectivity index is 1.72. The number of rotatable bonds is 5. The van der Waals surface area contributed by atoms with Gasteiger partial charge in [0.05, 0.1) is 21.8 Å². The fourth-order valence-corrected chi connectivity index (χ4v) is 4.08. The fourth-order valence-electron chi connectivity index (χ4n) is 2.03. The third-order valence-corrected chi connectivity index (χ3v) is 5.48. The lowest BCUT2D eigenvalue weighted by molar-refractivity contribution is 0.0954. The first kappa shape index (κ1) is 16.6. The maximum absolute atomic E-state index is 12.3. The highest BCUT2D eigenvalue weighted by molar-refractivity contribution is 7.29. The maximum atomic E-state index is 12.3. The maximum Gasteiger partial charge on any atom is 0.261 e. The van der Waals surface area contributed by atoms with Crippen LogP contribution in [0.3, 0.4) is 0 Å². The van der Waals surface area contributed by atoms with E-state index in [1.807, 2.05) is 25.1 Å². The summed E-state index contributed by atoms with van der Waals surface area (Å²) in [5.74, 6) is 0.153. The van der Waals surface area contributed by atoms with E-state index in [0.29, 0.717) is 16.4 Å². The molecule has 0 unspecified atom stereocenters. The normalized spacial score (nSPS) is 11.0. The van der Waals surface area contributed by atoms with Crippen LogP contribution in [0.2, 0.25) is 0 Å². The largest absolute Gasteiger partial charge is 0.354 e. The summed E-state index contributed by atoms with van der Waals surface area (Å²) in [6.07, 6.45) is 0. The van der Waals surface area contributed by atoms with Crippen LogP contribution in [-0.4, -0.2) is 35.0 Å². The van der Waals surface area contributed by atoms with E-state index in [-0.39, 0.29) is 24.6 Å². The summed E-state index contributed by atoms with van der Waals surface area (Å²) in [4.78, 5) is 38.3. The minimum absolute atomic E-state index is 0.129. The summed E-state index contributed by atoms with van der Waals surface area (Å²) in [6.45, 7) is 0.301. The summed E-state index contributed by atoms with van der Waals surface area (Å²) in [6, 6.07) is 3.17.